The summed E-state index contributed by atoms with van der Waals surface area (Å²) in [5.74, 6) is 0.458. The molecule has 3 rings (SSSR count). The van der Waals surface area contributed by atoms with Gasteiger partial charge in [-0.1, -0.05) is 47.2 Å². The lowest BCUT2D eigenvalue weighted by Gasteiger charge is -2.09. The number of nitrogens with zero attached hydrogens (tertiary/aromatic N) is 3. The third-order valence-corrected chi connectivity index (χ3v) is 5.59. The second kappa shape index (κ2) is 9.58. The van der Waals surface area contributed by atoms with Crippen LogP contribution >= 0.6 is 11.8 Å². The molecule has 1 heterocycles. The molecule has 0 unspecified atom stereocenters. The quantitative estimate of drug-likeness (QED) is 0.566. The Bertz CT molecular complexity index is 1060. The SMILES string of the molecule is Cc1ccc(NC(=O)CSc2nnc(CC(=O)Nc3ccc(C)cc3C)n2C)cc1. The summed E-state index contributed by atoms with van der Waals surface area (Å²) in [7, 11) is 1.79. The molecule has 2 N–H and O–H groups in total. The number of anilines is 2. The monoisotopic (exact) mass is 423 g/mol. The number of hydrogen-bond acceptors (Lipinski definition) is 5. The number of amides is 2. The van der Waals surface area contributed by atoms with E-state index in [9.17, 15) is 9.59 Å². The van der Waals surface area contributed by atoms with Crippen LogP contribution in [-0.4, -0.2) is 32.3 Å². The van der Waals surface area contributed by atoms with Crippen molar-refractivity contribution >= 4 is 35.0 Å². The molecule has 2 amide bonds. The predicted octanol–water partition coefficient (Wildman–Crippen LogP) is 3.65. The predicted molar refractivity (Wildman–Crippen MR) is 120 cm³/mol. The molecule has 0 radical (unpaired) electrons. The maximum atomic E-state index is 12.4. The molecule has 0 aliphatic carbocycles. The molecule has 0 spiro atoms. The molecular weight excluding hydrogens is 398 g/mol. The largest absolute Gasteiger partial charge is 0.325 e. The number of carbonyl (C=O) groups excluding carboxylic acids is 2. The van der Waals surface area contributed by atoms with Crippen LogP contribution in [-0.2, 0) is 23.1 Å². The lowest BCUT2D eigenvalue weighted by molar-refractivity contribution is -0.116. The minimum absolute atomic E-state index is 0.104. The fourth-order valence-electron chi connectivity index (χ4n) is 2.88. The van der Waals surface area contributed by atoms with Crippen LogP contribution in [0.5, 0.6) is 0 Å². The minimum atomic E-state index is -0.161. The molecule has 0 saturated heterocycles. The minimum Gasteiger partial charge on any atom is -0.325 e. The summed E-state index contributed by atoms with van der Waals surface area (Å²) in [5, 5.41) is 14.6. The second-order valence-electron chi connectivity index (χ2n) is 7.20. The maximum Gasteiger partial charge on any atom is 0.234 e. The van der Waals surface area contributed by atoms with Crippen molar-refractivity contribution in [3.63, 3.8) is 0 Å². The van der Waals surface area contributed by atoms with Crippen LogP contribution in [0.3, 0.4) is 0 Å². The number of carbonyl (C=O) groups is 2. The fourth-order valence-corrected chi connectivity index (χ4v) is 3.61. The first kappa shape index (κ1) is 21.6. The number of nitrogens with one attached hydrogen (secondary N) is 2. The number of hydrogen-bond donors (Lipinski definition) is 2. The molecule has 2 aromatic carbocycles. The molecule has 0 fully saturated rings. The van der Waals surface area contributed by atoms with E-state index >= 15 is 0 Å². The molecule has 7 nitrogen and oxygen atoms in total. The van der Waals surface area contributed by atoms with E-state index in [2.05, 4.69) is 20.8 Å². The van der Waals surface area contributed by atoms with Gasteiger partial charge in [-0.3, -0.25) is 9.59 Å². The third-order valence-electron chi connectivity index (χ3n) is 4.57. The highest BCUT2D eigenvalue weighted by atomic mass is 32.2. The number of thioether (sulfide) groups is 1. The molecule has 1 aromatic heterocycles. The average Bonchev–Trinajstić information content (AvgIpc) is 3.04. The zero-order chi connectivity index (χ0) is 21.7. The smallest absolute Gasteiger partial charge is 0.234 e. The number of aryl methyl sites for hydroxylation is 3. The van der Waals surface area contributed by atoms with Gasteiger partial charge in [-0.25, -0.2) is 0 Å². The second-order valence-corrected chi connectivity index (χ2v) is 8.15. The first-order valence-corrected chi connectivity index (χ1v) is 10.5. The topological polar surface area (TPSA) is 88.9 Å². The van der Waals surface area contributed by atoms with Crippen LogP contribution in [0.1, 0.15) is 22.5 Å². The third kappa shape index (κ3) is 5.70. The van der Waals surface area contributed by atoms with Gasteiger partial charge in [-0.2, -0.15) is 0 Å². The van der Waals surface area contributed by atoms with Gasteiger partial charge in [0.2, 0.25) is 11.8 Å². The van der Waals surface area contributed by atoms with E-state index in [0.717, 1.165) is 28.1 Å². The van der Waals surface area contributed by atoms with Crippen molar-refractivity contribution < 1.29 is 9.59 Å². The van der Waals surface area contributed by atoms with Crippen LogP contribution in [0, 0.1) is 20.8 Å². The Kier molecular flexibility index (Phi) is 6.89. The molecule has 156 valence electrons. The molecule has 0 bridgehead atoms. The Morgan fingerprint density at radius 2 is 1.63 bits per heavy atom. The van der Waals surface area contributed by atoms with Gasteiger partial charge in [-0.05, 0) is 44.5 Å². The first-order chi connectivity index (χ1) is 14.3. The van der Waals surface area contributed by atoms with Crippen LogP contribution in [0.4, 0.5) is 11.4 Å². The standard InChI is InChI=1S/C22H25N5O2S/c1-14-5-8-17(9-6-14)23-21(29)13-30-22-26-25-19(27(22)4)12-20(28)24-18-10-7-15(2)11-16(18)3/h5-11H,12-13H2,1-4H3,(H,23,29)(H,24,28). The Balaban J connectivity index is 1.54. The summed E-state index contributed by atoms with van der Waals surface area (Å²) in [5.41, 5.74) is 4.84. The summed E-state index contributed by atoms with van der Waals surface area (Å²) in [6.45, 7) is 5.97. The molecular formula is C22H25N5O2S. The van der Waals surface area contributed by atoms with Crippen LogP contribution < -0.4 is 10.6 Å². The number of rotatable bonds is 7. The lowest BCUT2D eigenvalue weighted by atomic mass is 10.1. The van der Waals surface area contributed by atoms with Crippen molar-refractivity contribution in [3.05, 3.63) is 65.0 Å². The molecule has 8 heteroatoms. The molecule has 0 atom stereocenters. The van der Waals surface area contributed by atoms with E-state index in [4.69, 9.17) is 0 Å². The number of benzene rings is 2. The lowest BCUT2D eigenvalue weighted by Crippen LogP contribution is -2.18. The van der Waals surface area contributed by atoms with Gasteiger partial charge in [0.25, 0.3) is 0 Å². The van der Waals surface area contributed by atoms with Gasteiger partial charge in [-0.15, -0.1) is 10.2 Å². The Morgan fingerprint density at radius 3 is 2.33 bits per heavy atom. The van der Waals surface area contributed by atoms with Gasteiger partial charge in [0, 0.05) is 18.4 Å². The molecule has 3 aromatic rings. The average molecular weight is 424 g/mol. The number of aromatic nitrogens is 3. The van der Waals surface area contributed by atoms with E-state index in [0.29, 0.717) is 11.0 Å². The van der Waals surface area contributed by atoms with Gasteiger partial charge >= 0.3 is 0 Å². The van der Waals surface area contributed by atoms with Crippen LogP contribution in [0.15, 0.2) is 47.6 Å². The van der Waals surface area contributed by atoms with Crippen LogP contribution in [0.25, 0.3) is 0 Å². The Labute approximate surface area is 180 Å². The molecule has 0 saturated carbocycles. The van der Waals surface area contributed by atoms with E-state index in [1.165, 1.54) is 11.8 Å². The molecule has 0 aliphatic rings. The van der Waals surface area contributed by atoms with Crippen molar-refractivity contribution in [1.82, 2.24) is 14.8 Å². The molecule has 30 heavy (non-hydrogen) atoms. The van der Waals surface area contributed by atoms with Crippen molar-refractivity contribution in [1.29, 1.82) is 0 Å². The first-order valence-electron chi connectivity index (χ1n) is 9.56. The highest BCUT2D eigenvalue weighted by molar-refractivity contribution is 7.99. The zero-order valence-corrected chi connectivity index (χ0v) is 18.3. The normalized spacial score (nSPS) is 10.7. The summed E-state index contributed by atoms with van der Waals surface area (Å²) in [4.78, 5) is 24.6. The fraction of sp³-hybridized carbons (Fsp3) is 0.273. The Hall–Kier alpha value is -3.13. The summed E-state index contributed by atoms with van der Waals surface area (Å²) >= 11 is 1.28. The van der Waals surface area contributed by atoms with Gasteiger partial charge < -0.3 is 15.2 Å². The summed E-state index contributed by atoms with van der Waals surface area (Å²) < 4.78 is 1.74. The summed E-state index contributed by atoms with van der Waals surface area (Å²) in [6, 6.07) is 13.5. The van der Waals surface area contributed by atoms with Gasteiger partial charge in [0.15, 0.2) is 5.16 Å². The zero-order valence-electron chi connectivity index (χ0n) is 17.5. The van der Waals surface area contributed by atoms with E-state index < -0.39 is 0 Å². The molecule has 0 aliphatic heterocycles. The van der Waals surface area contributed by atoms with Gasteiger partial charge in [0.05, 0.1) is 12.2 Å². The highest BCUT2D eigenvalue weighted by Gasteiger charge is 2.15. The highest BCUT2D eigenvalue weighted by Crippen LogP contribution is 2.19. The maximum absolute atomic E-state index is 12.4. The van der Waals surface area contributed by atoms with Crippen LogP contribution in [0.2, 0.25) is 0 Å². The van der Waals surface area contributed by atoms with Crippen molar-refractivity contribution in [2.45, 2.75) is 32.3 Å². The van der Waals surface area contributed by atoms with E-state index in [1.807, 2.05) is 63.2 Å². The van der Waals surface area contributed by atoms with Crippen molar-refractivity contribution in [2.75, 3.05) is 16.4 Å². The van der Waals surface area contributed by atoms with Gasteiger partial charge in [0.1, 0.15) is 5.82 Å². The van der Waals surface area contributed by atoms with E-state index in [-0.39, 0.29) is 24.0 Å². The summed E-state index contributed by atoms with van der Waals surface area (Å²) in [6.07, 6.45) is 0.104. The Morgan fingerprint density at radius 1 is 0.933 bits per heavy atom. The van der Waals surface area contributed by atoms with E-state index in [1.54, 1.807) is 11.6 Å². The van der Waals surface area contributed by atoms with Crippen molar-refractivity contribution in [2.24, 2.45) is 7.05 Å². The van der Waals surface area contributed by atoms with Crippen molar-refractivity contribution in [3.8, 4) is 0 Å².